The number of aromatic nitrogens is 5. The van der Waals surface area contributed by atoms with E-state index in [0.29, 0.717) is 0 Å². The smallest absolute Gasteiger partial charge is 0.349 e. The molecule has 0 aliphatic rings. The Kier molecular flexibility index (Phi) is 5.02. The summed E-state index contributed by atoms with van der Waals surface area (Å²) < 4.78 is 20.4. The maximum atomic E-state index is 14.1. The number of rotatable bonds is 3. The summed E-state index contributed by atoms with van der Waals surface area (Å²) in [6, 6.07) is 7.96. The van der Waals surface area contributed by atoms with Crippen molar-refractivity contribution in [3.8, 4) is 23.4 Å². The van der Waals surface area contributed by atoms with Crippen LogP contribution >= 0.6 is 23.2 Å². The maximum absolute atomic E-state index is 14.1. The number of hydrogen-bond donors (Lipinski definition) is 2. The zero-order valence-electron chi connectivity index (χ0n) is 14.9. The van der Waals surface area contributed by atoms with E-state index in [-0.39, 0.29) is 38.1 Å². The molecule has 10 nitrogen and oxygen atoms in total. The molecule has 154 valence electrons. The van der Waals surface area contributed by atoms with Crippen molar-refractivity contribution in [2.45, 2.75) is 0 Å². The molecule has 0 unspecified atom stereocenters. The largest absolute Gasteiger partial charge is 0.434 e. The molecule has 2 heterocycles. The number of nitrogens with zero attached hydrogens (tertiary/aromatic N) is 4. The molecule has 0 radical (unpaired) electrons. The van der Waals surface area contributed by atoms with Crippen molar-refractivity contribution < 1.29 is 9.13 Å². The molecule has 0 atom stereocenters. The monoisotopic (exact) mass is 460 g/mol. The lowest BCUT2D eigenvalue weighted by molar-refractivity contribution is 0.461. The van der Waals surface area contributed by atoms with Crippen molar-refractivity contribution in [2.75, 3.05) is 0 Å². The van der Waals surface area contributed by atoms with Crippen LogP contribution in [0.15, 0.2) is 44.7 Å². The Balaban J connectivity index is 1.83. The summed E-state index contributed by atoms with van der Waals surface area (Å²) in [7, 11) is 0. The Morgan fingerprint density at radius 2 is 1.84 bits per heavy atom. The van der Waals surface area contributed by atoms with Crippen molar-refractivity contribution >= 4 is 34.0 Å². The Morgan fingerprint density at radius 3 is 2.52 bits per heavy atom. The van der Waals surface area contributed by atoms with Crippen molar-refractivity contribution in [1.29, 1.82) is 5.26 Å². The molecule has 0 spiro atoms. The third kappa shape index (κ3) is 3.54. The second-order valence-corrected chi connectivity index (χ2v) is 6.81. The Morgan fingerprint density at radius 1 is 1.13 bits per heavy atom. The maximum Gasteiger partial charge on any atom is 0.349 e. The molecule has 31 heavy (non-hydrogen) atoms. The zero-order chi connectivity index (χ0) is 22.3. The second kappa shape index (κ2) is 7.67. The molecular weight excluding hydrogens is 454 g/mol. The Labute approximate surface area is 180 Å². The summed E-state index contributed by atoms with van der Waals surface area (Å²) in [6.07, 6.45) is 0. The van der Waals surface area contributed by atoms with E-state index >= 15 is 0 Å². The Hall–Kier alpha value is -4.01. The van der Waals surface area contributed by atoms with Gasteiger partial charge in [0.15, 0.2) is 5.75 Å². The first-order chi connectivity index (χ1) is 14.8. The molecule has 2 N–H and O–H groups in total. The molecule has 4 rings (SSSR count). The predicted molar refractivity (Wildman–Crippen MR) is 108 cm³/mol. The summed E-state index contributed by atoms with van der Waals surface area (Å²) in [5, 5.41) is 18.1. The number of ether oxygens (including phenoxy) is 1. The molecule has 4 aromatic rings. The molecule has 2 aromatic heterocycles. The van der Waals surface area contributed by atoms with Gasteiger partial charge < -0.3 is 4.74 Å². The van der Waals surface area contributed by atoms with Crippen LogP contribution in [0.5, 0.6) is 11.6 Å². The number of H-pyrrole nitrogens is 2. The lowest BCUT2D eigenvalue weighted by Crippen LogP contribution is -2.33. The first-order valence-corrected chi connectivity index (χ1v) is 9.03. The average molecular weight is 461 g/mol. The molecule has 0 bridgehead atoms. The third-order valence-corrected chi connectivity index (χ3v) is 4.65. The Bertz CT molecular complexity index is 1560. The van der Waals surface area contributed by atoms with E-state index in [9.17, 15) is 18.8 Å². The van der Waals surface area contributed by atoms with Gasteiger partial charge in [0.1, 0.15) is 11.9 Å². The predicted octanol–water partition coefficient (Wildman–Crippen LogP) is 2.27. The molecule has 0 amide bonds. The molecule has 0 aliphatic carbocycles. The number of hydrogen-bond acceptors (Lipinski definition) is 7. The van der Waals surface area contributed by atoms with Gasteiger partial charge in [-0.05, 0) is 24.3 Å². The van der Waals surface area contributed by atoms with Crippen LogP contribution in [0.1, 0.15) is 5.69 Å². The van der Waals surface area contributed by atoms with Gasteiger partial charge in [-0.2, -0.15) is 9.94 Å². The van der Waals surface area contributed by atoms with Gasteiger partial charge in [0.25, 0.3) is 11.1 Å². The summed E-state index contributed by atoms with van der Waals surface area (Å²) in [6.45, 7) is 0. The topological polar surface area (TPSA) is 147 Å². The van der Waals surface area contributed by atoms with Crippen LogP contribution in [-0.4, -0.2) is 25.0 Å². The van der Waals surface area contributed by atoms with Gasteiger partial charge in [-0.1, -0.05) is 29.3 Å². The highest BCUT2D eigenvalue weighted by molar-refractivity contribution is 6.37. The van der Waals surface area contributed by atoms with Crippen LogP contribution in [-0.2, 0) is 0 Å². The quantitative estimate of drug-likeness (QED) is 0.476. The number of nitriles is 1. The first-order valence-electron chi connectivity index (χ1n) is 8.28. The molecule has 0 saturated heterocycles. The number of nitrogens with one attached hydrogen (secondary N) is 2. The van der Waals surface area contributed by atoms with E-state index in [1.807, 2.05) is 4.98 Å². The van der Waals surface area contributed by atoms with Gasteiger partial charge in [0.05, 0.1) is 26.5 Å². The minimum atomic E-state index is -0.941. The summed E-state index contributed by atoms with van der Waals surface area (Å²) >= 11 is 12.5. The van der Waals surface area contributed by atoms with Crippen molar-refractivity contribution in [3.63, 3.8) is 0 Å². The second-order valence-electron chi connectivity index (χ2n) is 5.99. The minimum Gasteiger partial charge on any atom is -0.434 e. The van der Waals surface area contributed by atoms with Gasteiger partial charge in [-0.15, -0.1) is 10.2 Å². The highest BCUT2D eigenvalue weighted by atomic mass is 35.5. The van der Waals surface area contributed by atoms with Gasteiger partial charge in [-0.3, -0.25) is 14.6 Å². The molecule has 0 saturated carbocycles. The third-order valence-electron chi connectivity index (χ3n) is 4.09. The van der Waals surface area contributed by atoms with Crippen LogP contribution < -0.4 is 21.5 Å². The lowest BCUT2D eigenvalue weighted by atomic mass is 10.2. The summed E-state index contributed by atoms with van der Waals surface area (Å²) in [5.41, 5.74) is -3.12. The van der Waals surface area contributed by atoms with Crippen LogP contribution in [0.3, 0.4) is 0 Å². The number of benzene rings is 2. The first kappa shape index (κ1) is 20.3. The van der Waals surface area contributed by atoms with Crippen LogP contribution in [0.25, 0.3) is 16.5 Å². The zero-order valence-corrected chi connectivity index (χ0v) is 16.5. The van der Waals surface area contributed by atoms with Crippen molar-refractivity contribution in [2.24, 2.45) is 0 Å². The number of aromatic amines is 2. The molecular formula is C18H7Cl2FN6O4. The molecule has 0 fully saturated rings. The molecule has 0 aliphatic heterocycles. The highest BCUT2D eigenvalue weighted by Crippen LogP contribution is 2.38. The number of halogens is 3. The molecule has 13 heteroatoms. The van der Waals surface area contributed by atoms with Crippen LogP contribution in [0.2, 0.25) is 10.0 Å². The SMILES string of the molecule is N#Cc1nn(-c2cc(Cl)c(Oc3n[nH]c(=O)c4c(F)cccc34)c(Cl)c2)c(=O)[nH]c1=O. The molecule has 2 aromatic carbocycles. The fourth-order valence-corrected chi connectivity index (χ4v) is 3.29. The van der Waals surface area contributed by atoms with Gasteiger partial charge in [0, 0.05) is 0 Å². The average Bonchev–Trinajstić information content (AvgIpc) is 2.72. The van der Waals surface area contributed by atoms with Crippen molar-refractivity contribution in [3.05, 3.63) is 83.1 Å². The van der Waals surface area contributed by atoms with E-state index in [1.54, 1.807) is 6.07 Å². The van der Waals surface area contributed by atoms with Gasteiger partial charge in [-0.25, -0.2) is 14.3 Å². The van der Waals surface area contributed by atoms with E-state index in [2.05, 4.69) is 15.3 Å². The van der Waals surface area contributed by atoms with E-state index in [4.69, 9.17) is 33.2 Å². The fraction of sp³-hybridized carbons (Fsp3) is 0. The van der Waals surface area contributed by atoms with Crippen LogP contribution in [0, 0.1) is 17.1 Å². The summed E-state index contributed by atoms with van der Waals surface area (Å²) in [4.78, 5) is 37.4. The highest BCUT2D eigenvalue weighted by Gasteiger charge is 2.18. The van der Waals surface area contributed by atoms with E-state index in [0.717, 1.165) is 10.7 Å². The van der Waals surface area contributed by atoms with Gasteiger partial charge in [0.2, 0.25) is 11.6 Å². The normalized spacial score (nSPS) is 10.8. The number of fused-ring (bicyclic) bond motifs is 1. The van der Waals surface area contributed by atoms with Gasteiger partial charge >= 0.3 is 5.69 Å². The van der Waals surface area contributed by atoms with E-state index < -0.39 is 28.3 Å². The summed E-state index contributed by atoms with van der Waals surface area (Å²) in [5.74, 6) is -1.04. The van der Waals surface area contributed by atoms with E-state index in [1.165, 1.54) is 24.3 Å². The fourth-order valence-electron chi connectivity index (χ4n) is 2.74. The minimum absolute atomic E-state index is 0.0328. The van der Waals surface area contributed by atoms with Crippen LogP contribution in [0.4, 0.5) is 4.39 Å². The van der Waals surface area contributed by atoms with Crippen molar-refractivity contribution in [1.82, 2.24) is 25.0 Å². The lowest BCUT2D eigenvalue weighted by Gasteiger charge is -2.12. The standard InChI is InChI=1S/C18H7Cl2FN6O4/c19-9-4-7(27-18(30)23-15(28)12(6-22)26-27)5-10(20)14(9)31-17-8-2-1-3-11(21)13(8)16(29)24-25-17/h1-5H,(H,24,29)(H,23,28,30).